The van der Waals surface area contributed by atoms with Crippen molar-refractivity contribution in [2.75, 3.05) is 0 Å². The minimum Gasteiger partial charge on any atom is -0.466 e. The van der Waals surface area contributed by atoms with Gasteiger partial charge in [0.05, 0.1) is 22.9 Å². The van der Waals surface area contributed by atoms with Gasteiger partial charge in [0.15, 0.2) is 5.72 Å². The third-order valence-corrected chi connectivity index (χ3v) is 3.18. The predicted octanol–water partition coefficient (Wildman–Crippen LogP) is 2.21. The van der Waals surface area contributed by atoms with Gasteiger partial charge in [0.25, 0.3) is 5.56 Å². The third kappa shape index (κ3) is 2.32. The van der Waals surface area contributed by atoms with Gasteiger partial charge < -0.3 is 9.72 Å². The number of aliphatic imine (C=N–C) groups is 1. The number of fused-ring (bicyclic) bond motifs is 1. The first kappa shape index (κ1) is 13.1. The lowest BCUT2D eigenvalue weighted by atomic mass is 9.98. The van der Waals surface area contributed by atoms with Crippen molar-refractivity contribution in [3.8, 4) is 11.8 Å². The summed E-state index contributed by atoms with van der Waals surface area (Å²) in [6.07, 6.45) is 1.57. The standard InChI is InChI=1S/C16H13N3O2/c1-16(2)19-14(11-4-3-7-18-15(11)20)12-8-10(9-17)5-6-13(12)21-16/h3-8H,1-2H3,(H,18,20). The van der Waals surface area contributed by atoms with E-state index in [2.05, 4.69) is 16.0 Å². The Labute approximate surface area is 121 Å². The number of hydrogen-bond acceptors (Lipinski definition) is 4. The fourth-order valence-electron chi connectivity index (χ4n) is 2.31. The smallest absolute Gasteiger partial charge is 0.257 e. The highest BCUT2D eigenvalue weighted by molar-refractivity contribution is 6.15. The van der Waals surface area contributed by atoms with Crippen molar-refractivity contribution >= 4 is 5.71 Å². The van der Waals surface area contributed by atoms with Crippen LogP contribution in [0.3, 0.4) is 0 Å². The van der Waals surface area contributed by atoms with Gasteiger partial charge in [-0.1, -0.05) is 0 Å². The SMILES string of the molecule is CC1(C)N=C(c2ccc[nH]c2=O)c2cc(C#N)ccc2O1. The maximum absolute atomic E-state index is 12.1. The van der Waals surface area contributed by atoms with E-state index in [0.717, 1.165) is 0 Å². The third-order valence-electron chi connectivity index (χ3n) is 3.18. The molecule has 0 fully saturated rings. The van der Waals surface area contributed by atoms with Crippen LogP contribution >= 0.6 is 0 Å². The summed E-state index contributed by atoms with van der Waals surface area (Å²) in [5.41, 5.74) is 1.17. The van der Waals surface area contributed by atoms with Crippen molar-refractivity contribution in [1.82, 2.24) is 4.98 Å². The Morgan fingerprint density at radius 1 is 1.29 bits per heavy atom. The first-order valence-corrected chi connectivity index (χ1v) is 6.52. The molecule has 3 rings (SSSR count). The molecule has 2 aromatic rings. The van der Waals surface area contributed by atoms with Gasteiger partial charge >= 0.3 is 0 Å². The van der Waals surface area contributed by atoms with Crippen LogP contribution in [0.4, 0.5) is 0 Å². The first-order chi connectivity index (χ1) is 10.00. The summed E-state index contributed by atoms with van der Waals surface area (Å²) in [6.45, 7) is 3.65. The molecule has 0 aliphatic carbocycles. The van der Waals surface area contributed by atoms with E-state index in [1.165, 1.54) is 0 Å². The number of hydrogen-bond donors (Lipinski definition) is 1. The molecule has 0 spiro atoms. The maximum atomic E-state index is 12.1. The largest absolute Gasteiger partial charge is 0.466 e. The number of H-pyrrole nitrogens is 1. The molecule has 104 valence electrons. The van der Waals surface area contributed by atoms with Crippen molar-refractivity contribution in [3.05, 3.63) is 63.6 Å². The monoisotopic (exact) mass is 279 g/mol. The van der Waals surface area contributed by atoms with Gasteiger partial charge in [0.1, 0.15) is 5.75 Å². The Morgan fingerprint density at radius 2 is 2.10 bits per heavy atom. The van der Waals surface area contributed by atoms with E-state index in [0.29, 0.717) is 28.2 Å². The highest BCUT2D eigenvalue weighted by Gasteiger charge is 2.29. The van der Waals surface area contributed by atoms with Crippen LogP contribution in [0.15, 0.2) is 46.3 Å². The van der Waals surface area contributed by atoms with Gasteiger partial charge in [-0.3, -0.25) is 4.79 Å². The fraction of sp³-hybridized carbons (Fsp3) is 0.188. The molecule has 21 heavy (non-hydrogen) atoms. The summed E-state index contributed by atoms with van der Waals surface area (Å²) in [5, 5.41) is 9.05. The van der Waals surface area contributed by atoms with Gasteiger partial charge in [-0.05, 0) is 44.2 Å². The second-order valence-corrected chi connectivity index (χ2v) is 5.24. The van der Waals surface area contributed by atoms with Crippen molar-refractivity contribution in [2.45, 2.75) is 19.6 Å². The molecule has 5 heteroatoms. The van der Waals surface area contributed by atoms with Gasteiger partial charge in [0, 0.05) is 11.8 Å². The molecule has 0 atom stereocenters. The van der Waals surface area contributed by atoms with Crippen LogP contribution in [0, 0.1) is 11.3 Å². The summed E-state index contributed by atoms with van der Waals surface area (Å²) in [4.78, 5) is 19.2. The molecule has 0 saturated heterocycles. The predicted molar refractivity (Wildman–Crippen MR) is 78.6 cm³/mol. The lowest BCUT2D eigenvalue weighted by Crippen LogP contribution is -2.34. The topological polar surface area (TPSA) is 78.2 Å². The molecule has 0 amide bonds. The molecule has 1 aromatic carbocycles. The number of ether oxygens (including phenoxy) is 1. The summed E-state index contributed by atoms with van der Waals surface area (Å²) < 4.78 is 5.80. The van der Waals surface area contributed by atoms with E-state index in [-0.39, 0.29) is 5.56 Å². The Morgan fingerprint density at radius 3 is 2.81 bits per heavy atom. The minimum absolute atomic E-state index is 0.220. The number of pyridine rings is 1. The number of aromatic nitrogens is 1. The van der Waals surface area contributed by atoms with E-state index >= 15 is 0 Å². The van der Waals surface area contributed by atoms with E-state index < -0.39 is 5.72 Å². The normalized spacial score (nSPS) is 15.4. The Bertz CT molecular complexity index is 841. The molecule has 0 bridgehead atoms. The number of nitriles is 1. The van der Waals surface area contributed by atoms with Crippen LogP contribution < -0.4 is 10.3 Å². The van der Waals surface area contributed by atoms with E-state index in [4.69, 9.17) is 10.00 Å². The Hall–Kier alpha value is -2.87. The maximum Gasteiger partial charge on any atom is 0.257 e. The minimum atomic E-state index is -0.765. The summed E-state index contributed by atoms with van der Waals surface area (Å²) in [5.74, 6) is 0.618. The molecule has 1 aliphatic heterocycles. The molecule has 1 N–H and O–H groups in total. The number of rotatable bonds is 1. The van der Waals surface area contributed by atoms with Gasteiger partial charge in [-0.25, -0.2) is 4.99 Å². The second-order valence-electron chi connectivity index (χ2n) is 5.24. The molecule has 5 nitrogen and oxygen atoms in total. The number of nitrogens with one attached hydrogen (secondary N) is 1. The van der Waals surface area contributed by atoms with Crippen LogP contribution in [0.25, 0.3) is 0 Å². The highest BCUT2D eigenvalue weighted by Crippen LogP contribution is 2.32. The summed E-state index contributed by atoms with van der Waals surface area (Å²) >= 11 is 0. The van der Waals surface area contributed by atoms with E-state index in [1.54, 1.807) is 36.5 Å². The molecule has 0 radical (unpaired) electrons. The van der Waals surface area contributed by atoms with E-state index in [1.807, 2.05) is 13.8 Å². The Kier molecular flexibility index (Phi) is 2.88. The number of benzene rings is 1. The quantitative estimate of drug-likeness (QED) is 0.869. The second kappa shape index (κ2) is 4.60. The Balaban J connectivity index is 2.29. The van der Waals surface area contributed by atoms with Crippen LogP contribution in [-0.2, 0) is 0 Å². The van der Waals surface area contributed by atoms with Gasteiger partial charge in [0.2, 0.25) is 0 Å². The zero-order valence-corrected chi connectivity index (χ0v) is 11.7. The van der Waals surface area contributed by atoms with Crippen LogP contribution in [0.1, 0.15) is 30.5 Å². The first-order valence-electron chi connectivity index (χ1n) is 6.52. The molecular weight excluding hydrogens is 266 g/mol. The van der Waals surface area contributed by atoms with Crippen molar-refractivity contribution in [1.29, 1.82) is 5.26 Å². The molecule has 2 heterocycles. The van der Waals surface area contributed by atoms with Crippen molar-refractivity contribution in [3.63, 3.8) is 0 Å². The van der Waals surface area contributed by atoms with Gasteiger partial charge in [-0.2, -0.15) is 5.26 Å². The van der Waals surface area contributed by atoms with Crippen LogP contribution in [-0.4, -0.2) is 16.4 Å². The zero-order valence-electron chi connectivity index (χ0n) is 11.7. The molecule has 1 aromatic heterocycles. The number of nitrogens with zero attached hydrogens (tertiary/aromatic N) is 2. The summed E-state index contributed by atoms with van der Waals surface area (Å²) in [6, 6.07) is 10.7. The summed E-state index contributed by atoms with van der Waals surface area (Å²) in [7, 11) is 0. The van der Waals surface area contributed by atoms with Crippen molar-refractivity contribution in [2.24, 2.45) is 4.99 Å². The molecular formula is C16H13N3O2. The van der Waals surface area contributed by atoms with E-state index in [9.17, 15) is 4.79 Å². The fourth-order valence-corrected chi connectivity index (χ4v) is 2.31. The lowest BCUT2D eigenvalue weighted by Gasteiger charge is -2.30. The van der Waals surface area contributed by atoms with Crippen LogP contribution in [0.5, 0.6) is 5.75 Å². The van der Waals surface area contributed by atoms with Crippen molar-refractivity contribution < 1.29 is 4.74 Å². The molecule has 0 saturated carbocycles. The average Bonchev–Trinajstić information content (AvgIpc) is 2.46. The lowest BCUT2D eigenvalue weighted by molar-refractivity contribution is 0.115. The average molecular weight is 279 g/mol. The number of aromatic amines is 1. The molecule has 0 unspecified atom stereocenters. The zero-order chi connectivity index (χ0) is 15.0. The highest BCUT2D eigenvalue weighted by atomic mass is 16.5. The van der Waals surface area contributed by atoms with Crippen LogP contribution in [0.2, 0.25) is 0 Å². The molecule has 1 aliphatic rings. The van der Waals surface area contributed by atoms with Gasteiger partial charge in [-0.15, -0.1) is 0 Å².